The van der Waals surface area contributed by atoms with Crippen LogP contribution in [0.25, 0.3) is 10.1 Å². The van der Waals surface area contributed by atoms with Gasteiger partial charge in [-0.15, -0.1) is 11.3 Å². The van der Waals surface area contributed by atoms with Crippen molar-refractivity contribution in [3.05, 3.63) is 52.9 Å². The number of fused-ring (bicyclic) bond motifs is 1. The first-order chi connectivity index (χ1) is 14.1. The summed E-state index contributed by atoms with van der Waals surface area (Å²) in [6.07, 6.45) is 1.47. The maximum atomic E-state index is 12.9. The monoisotopic (exact) mass is 413 g/mol. The van der Waals surface area contributed by atoms with Gasteiger partial charge in [0.05, 0.1) is 13.2 Å². The molecule has 0 radical (unpaired) electrons. The van der Waals surface area contributed by atoms with E-state index in [1.165, 1.54) is 9.58 Å². The van der Waals surface area contributed by atoms with Crippen LogP contribution in [0.1, 0.15) is 28.1 Å². The van der Waals surface area contributed by atoms with Crippen molar-refractivity contribution in [1.29, 1.82) is 0 Å². The lowest BCUT2D eigenvalue weighted by Crippen LogP contribution is -2.13. The first-order valence-corrected chi connectivity index (χ1v) is 10.5. The molecule has 3 rings (SSSR count). The summed E-state index contributed by atoms with van der Waals surface area (Å²) < 4.78 is 12.7. The molecule has 0 spiro atoms. The number of carbonyl (C=O) groups excluding carboxylic acids is 1. The fourth-order valence-electron chi connectivity index (χ4n) is 2.87. The second-order valence-corrected chi connectivity index (χ2v) is 8.03. The Morgan fingerprint density at radius 1 is 0.966 bits per heavy atom. The average molecular weight is 414 g/mol. The van der Waals surface area contributed by atoms with Crippen LogP contribution < -0.4 is 26.3 Å². The van der Waals surface area contributed by atoms with Crippen LogP contribution in [0.5, 0.6) is 11.5 Å². The number of nitrogens with two attached hydrogens (primary N) is 2. The third-order valence-electron chi connectivity index (χ3n) is 4.27. The van der Waals surface area contributed by atoms with Crippen LogP contribution in [0.4, 0.5) is 5.69 Å². The number of benzene rings is 2. The summed E-state index contributed by atoms with van der Waals surface area (Å²) in [5, 5.41) is 4.08. The Hall–Kier alpha value is -2.61. The topological polar surface area (TPSA) is 99.6 Å². The number of aryl methyl sites for hydroxylation is 1. The van der Waals surface area contributed by atoms with Crippen LogP contribution in [-0.2, 0) is 0 Å². The minimum absolute atomic E-state index is 0.218. The normalized spacial score (nSPS) is 10.9. The van der Waals surface area contributed by atoms with Crippen molar-refractivity contribution in [2.75, 3.05) is 31.6 Å². The highest BCUT2D eigenvalue weighted by atomic mass is 32.1. The summed E-state index contributed by atoms with van der Waals surface area (Å²) in [7, 11) is 0. The second-order valence-electron chi connectivity index (χ2n) is 6.74. The van der Waals surface area contributed by atoms with E-state index >= 15 is 0 Å². The molecule has 0 fully saturated rings. The highest BCUT2D eigenvalue weighted by Crippen LogP contribution is 2.28. The molecule has 7 heteroatoms. The number of carbonyl (C=O) groups is 1. The third-order valence-corrected chi connectivity index (χ3v) is 5.31. The fraction of sp³-hybridized carbons (Fsp3) is 0.318. The summed E-state index contributed by atoms with van der Waals surface area (Å²) in [5.41, 5.74) is 12.3. The standard InChI is InChI=1S/C22H27N3O3S/c1-15-10-16-11-18(4-5-21(16)29-15)25-22(26)17-12-19(27-8-2-6-23)14-20(13-17)28-9-3-7-24/h4-5,10-14H,2-3,6-9,23-24H2,1H3,(H,25,26). The van der Waals surface area contributed by atoms with Gasteiger partial charge in [0.2, 0.25) is 0 Å². The predicted molar refractivity (Wildman–Crippen MR) is 119 cm³/mol. The molecule has 6 nitrogen and oxygen atoms in total. The minimum Gasteiger partial charge on any atom is -0.493 e. The Labute approximate surface area is 174 Å². The highest BCUT2D eigenvalue weighted by Gasteiger charge is 2.12. The van der Waals surface area contributed by atoms with Crippen LogP contribution >= 0.6 is 11.3 Å². The Bertz CT molecular complexity index is 943. The number of rotatable bonds is 10. The van der Waals surface area contributed by atoms with Crippen molar-refractivity contribution in [3.8, 4) is 11.5 Å². The Kier molecular flexibility index (Phi) is 7.46. The van der Waals surface area contributed by atoms with E-state index in [2.05, 4.69) is 18.3 Å². The van der Waals surface area contributed by atoms with Gasteiger partial charge in [0, 0.05) is 26.9 Å². The van der Waals surface area contributed by atoms with Gasteiger partial charge >= 0.3 is 0 Å². The summed E-state index contributed by atoms with van der Waals surface area (Å²) in [6.45, 7) is 4.14. The molecule has 29 heavy (non-hydrogen) atoms. The van der Waals surface area contributed by atoms with Gasteiger partial charge in [-0.25, -0.2) is 0 Å². The quantitative estimate of drug-likeness (QED) is 0.438. The lowest BCUT2D eigenvalue weighted by atomic mass is 10.1. The summed E-state index contributed by atoms with van der Waals surface area (Å²) >= 11 is 1.74. The van der Waals surface area contributed by atoms with E-state index in [9.17, 15) is 4.79 Å². The molecule has 0 saturated heterocycles. The lowest BCUT2D eigenvalue weighted by Gasteiger charge is -2.12. The number of nitrogens with one attached hydrogen (secondary N) is 1. The van der Waals surface area contributed by atoms with Gasteiger partial charge in [-0.05, 0) is 74.6 Å². The maximum Gasteiger partial charge on any atom is 0.255 e. The summed E-state index contributed by atoms with van der Waals surface area (Å²) in [6, 6.07) is 13.3. The van der Waals surface area contributed by atoms with E-state index in [1.807, 2.05) is 18.2 Å². The summed E-state index contributed by atoms with van der Waals surface area (Å²) in [5.74, 6) is 0.944. The van der Waals surface area contributed by atoms with Crippen molar-refractivity contribution in [2.45, 2.75) is 19.8 Å². The van der Waals surface area contributed by atoms with Crippen molar-refractivity contribution in [2.24, 2.45) is 11.5 Å². The van der Waals surface area contributed by atoms with Crippen LogP contribution in [0.15, 0.2) is 42.5 Å². The number of ether oxygens (including phenoxy) is 2. The van der Waals surface area contributed by atoms with Gasteiger partial charge < -0.3 is 26.3 Å². The molecule has 0 aliphatic heterocycles. The van der Waals surface area contributed by atoms with Crippen LogP contribution in [-0.4, -0.2) is 32.2 Å². The SMILES string of the molecule is Cc1cc2cc(NC(=O)c3cc(OCCCN)cc(OCCCN)c3)ccc2s1. The first-order valence-electron chi connectivity index (χ1n) is 9.71. The molecule has 3 aromatic rings. The molecule has 5 N–H and O–H groups in total. The molecule has 0 aliphatic carbocycles. The largest absolute Gasteiger partial charge is 0.493 e. The van der Waals surface area contributed by atoms with E-state index in [0.717, 1.165) is 23.9 Å². The Morgan fingerprint density at radius 2 is 1.62 bits per heavy atom. The molecule has 2 aromatic carbocycles. The molecule has 0 saturated carbocycles. The lowest BCUT2D eigenvalue weighted by molar-refractivity contribution is 0.102. The molecular weight excluding hydrogens is 386 g/mol. The summed E-state index contributed by atoms with van der Waals surface area (Å²) in [4.78, 5) is 14.1. The zero-order chi connectivity index (χ0) is 20.6. The van der Waals surface area contributed by atoms with E-state index < -0.39 is 0 Å². The highest BCUT2D eigenvalue weighted by molar-refractivity contribution is 7.19. The number of hydrogen-bond donors (Lipinski definition) is 3. The molecule has 0 atom stereocenters. The van der Waals surface area contributed by atoms with Crippen molar-refractivity contribution in [3.63, 3.8) is 0 Å². The number of amides is 1. The van der Waals surface area contributed by atoms with E-state index in [4.69, 9.17) is 20.9 Å². The predicted octanol–water partition coefficient (Wildman–Crippen LogP) is 3.92. The van der Waals surface area contributed by atoms with Gasteiger partial charge in [0.15, 0.2) is 0 Å². The van der Waals surface area contributed by atoms with E-state index in [0.29, 0.717) is 43.4 Å². The molecule has 1 amide bonds. The second kappa shape index (κ2) is 10.2. The van der Waals surface area contributed by atoms with Crippen LogP contribution in [0.2, 0.25) is 0 Å². The molecule has 1 heterocycles. The van der Waals surface area contributed by atoms with Gasteiger partial charge in [-0.2, -0.15) is 0 Å². The van der Waals surface area contributed by atoms with E-state index in [-0.39, 0.29) is 5.91 Å². The van der Waals surface area contributed by atoms with Crippen molar-refractivity contribution in [1.82, 2.24) is 0 Å². The van der Waals surface area contributed by atoms with Gasteiger partial charge in [0.25, 0.3) is 5.91 Å². The number of thiophene rings is 1. The first kappa shape index (κ1) is 21.1. The molecule has 0 unspecified atom stereocenters. The third kappa shape index (κ3) is 5.93. The van der Waals surface area contributed by atoms with Gasteiger partial charge in [0.1, 0.15) is 11.5 Å². The molecular formula is C22H27N3O3S. The van der Waals surface area contributed by atoms with E-state index in [1.54, 1.807) is 29.5 Å². The van der Waals surface area contributed by atoms with Crippen LogP contribution in [0, 0.1) is 6.92 Å². The molecule has 154 valence electrons. The molecule has 0 aliphatic rings. The smallest absolute Gasteiger partial charge is 0.255 e. The zero-order valence-corrected chi connectivity index (χ0v) is 17.4. The molecule has 1 aromatic heterocycles. The number of hydrogen-bond acceptors (Lipinski definition) is 6. The van der Waals surface area contributed by atoms with Gasteiger partial charge in [-0.3, -0.25) is 4.79 Å². The minimum atomic E-state index is -0.218. The fourth-order valence-corrected chi connectivity index (χ4v) is 3.78. The number of anilines is 1. The van der Waals surface area contributed by atoms with Crippen molar-refractivity contribution < 1.29 is 14.3 Å². The Balaban J connectivity index is 1.78. The van der Waals surface area contributed by atoms with Gasteiger partial charge in [-0.1, -0.05) is 0 Å². The van der Waals surface area contributed by atoms with Crippen molar-refractivity contribution >= 4 is 33.0 Å². The van der Waals surface area contributed by atoms with Crippen LogP contribution in [0.3, 0.4) is 0 Å². The maximum absolute atomic E-state index is 12.9. The molecule has 0 bridgehead atoms. The Morgan fingerprint density at radius 3 is 2.24 bits per heavy atom. The zero-order valence-electron chi connectivity index (χ0n) is 16.6. The average Bonchev–Trinajstić information content (AvgIpc) is 3.07.